The summed E-state index contributed by atoms with van der Waals surface area (Å²) in [6, 6.07) is 8.28. The molecular weight excluding hydrogens is 196 g/mol. The number of aryl methyl sites for hydroxylation is 1. The molecule has 1 nitrogen and oxygen atoms in total. The fourth-order valence-corrected chi connectivity index (χ4v) is 2.44. The predicted octanol–water partition coefficient (Wildman–Crippen LogP) is 3.64. The van der Waals surface area contributed by atoms with Crippen molar-refractivity contribution in [1.29, 1.82) is 0 Å². The first-order valence-electron chi connectivity index (χ1n) is 6.07. The SMILES string of the molecule is CC(C)=CC[C@@H]1CCc2ccccc2[C@@H]1O. The number of rotatable bonds is 2. The maximum absolute atomic E-state index is 10.3. The van der Waals surface area contributed by atoms with E-state index < -0.39 is 0 Å². The zero-order valence-corrected chi connectivity index (χ0v) is 10.1. The van der Waals surface area contributed by atoms with Crippen LogP contribution in [0.4, 0.5) is 0 Å². The lowest BCUT2D eigenvalue weighted by atomic mass is 9.80. The lowest BCUT2D eigenvalue weighted by molar-refractivity contribution is 0.0950. The molecule has 0 spiro atoms. The van der Waals surface area contributed by atoms with Gasteiger partial charge in [0, 0.05) is 0 Å². The van der Waals surface area contributed by atoms with Crippen LogP contribution in [0.15, 0.2) is 35.9 Å². The van der Waals surface area contributed by atoms with Gasteiger partial charge in [0.25, 0.3) is 0 Å². The molecule has 0 fully saturated rings. The summed E-state index contributed by atoms with van der Waals surface area (Å²) in [4.78, 5) is 0. The Bertz CT molecular complexity index is 388. The van der Waals surface area contributed by atoms with Crippen molar-refractivity contribution in [3.8, 4) is 0 Å². The second-order valence-corrected chi connectivity index (χ2v) is 4.96. The van der Waals surface area contributed by atoms with Gasteiger partial charge in [0.15, 0.2) is 0 Å². The van der Waals surface area contributed by atoms with E-state index in [1.807, 2.05) is 6.07 Å². The number of hydrogen-bond acceptors (Lipinski definition) is 1. The van der Waals surface area contributed by atoms with Gasteiger partial charge in [0.1, 0.15) is 0 Å². The first-order valence-corrected chi connectivity index (χ1v) is 6.07. The molecule has 1 N–H and O–H groups in total. The first kappa shape index (κ1) is 11.4. The minimum absolute atomic E-state index is 0.277. The van der Waals surface area contributed by atoms with Crippen LogP contribution in [0, 0.1) is 5.92 Å². The van der Waals surface area contributed by atoms with Crippen LogP contribution in [0.1, 0.15) is 43.9 Å². The summed E-state index contributed by atoms with van der Waals surface area (Å²) in [5.74, 6) is 0.393. The van der Waals surface area contributed by atoms with Crippen molar-refractivity contribution in [2.45, 2.75) is 39.2 Å². The van der Waals surface area contributed by atoms with Gasteiger partial charge in [-0.15, -0.1) is 0 Å². The molecule has 86 valence electrons. The van der Waals surface area contributed by atoms with Gasteiger partial charge in [-0.3, -0.25) is 0 Å². The topological polar surface area (TPSA) is 20.2 Å². The van der Waals surface area contributed by atoms with Crippen molar-refractivity contribution >= 4 is 0 Å². The minimum Gasteiger partial charge on any atom is -0.388 e. The van der Waals surface area contributed by atoms with E-state index in [1.54, 1.807) is 0 Å². The van der Waals surface area contributed by atoms with Crippen LogP contribution < -0.4 is 0 Å². The third-order valence-electron chi connectivity index (χ3n) is 3.43. The van der Waals surface area contributed by atoms with E-state index in [1.165, 1.54) is 11.1 Å². The second-order valence-electron chi connectivity index (χ2n) is 4.96. The molecule has 0 saturated heterocycles. The number of aliphatic hydroxyl groups excluding tert-OH is 1. The summed E-state index contributed by atoms with van der Waals surface area (Å²) in [7, 11) is 0. The average Bonchev–Trinajstić information content (AvgIpc) is 2.28. The van der Waals surface area contributed by atoms with Crippen LogP contribution in [0.5, 0.6) is 0 Å². The summed E-state index contributed by atoms with van der Waals surface area (Å²) in [5.41, 5.74) is 3.80. The standard InChI is InChI=1S/C15H20O/c1-11(2)7-8-13-10-9-12-5-3-4-6-14(12)15(13)16/h3-7,13,15-16H,8-10H2,1-2H3/t13-,15-/m1/s1. The first-order chi connectivity index (χ1) is 7.68. The summed E-state index contributed by atoms with van der Waals surface area (Å²) in [5, 5.41) is 10.3. The van der Waals surface area contributed by atoms with Crippen molar-refractivity contribution in [1.82, 2.24) is 0 Å². The highest BCUT2D eigenvalue weighted by Crippen LogP contribution is 2.36. The number of hydrogen-bond donors (Lipinski definition) is 1. The third-order valence-corrected chi connectivity index (χ3v) is 3.43. The number of fused-ring (bicyclic) bond motifs is 1. The molecule has 16 heavy (non-hydrogen) atoms. The van der Waals surface area contributed by atoms with Gasteiger partial charge >= 0.3 is 0 Å². The summed E-state index contributed by atoms with van der Waals surface area (Å²) >= 11 is 0. The summed E-state index contributed by atoms with van der Waals surface area (Å²) < 4.78 is 0. The molecule has 0 aromatic heterocycles. The molecule has 1 aliphatic rings. The van der Waals surface area contributed by atoms with Crippen molar-refractivity contribution in [2.24, 2.45) is 5.92 Å². The Balaban J connectivity index is 2.15. The predicted molar refractivity (Wildman–Crippen MR) is 67.3 cm³/mol. The lowest BCUT2D eigenvalue weighted by Crippen LogP contribution is -2.20. The molecule has 1 heteroatoms. The van der Waals surface area contributed by atoms with Crippen LogP contribution in [-0.4, -0.2) is 5.11 Å². The molecule has 1 aliphatic carbocycles. The Morgan fingerprint density at radius 3 is 2.88 bits per heavy atom. The quantitative estimate of drug-likeness (QED) is 0.748. The molecular formula is C15H20O. The molecule has 0 radical (unpaired) electrons. The van der Waals surface area contributed by atoms with Crippen molar-refractivity contribution < 1.29 is 5.11 Å². The normalized spacial score (nSPS) is 23.7. The van der Waals surface area contributed by atoms with Crippen LogP contribution in [0.25, 0.3) is 0 Å². The van der Waals surface area contributed by atoms with Gasteiger partial charge in [0.05, 0.1) is 6.10 Å². The summed E-state index contributed by atoms with van der Waals surface area (Å²) in [6.07, 6.45) is 5.16. The Morgan fingerprint density at radius 1 is 1.38 bits per heavy atom. The highest BCUT2D eigenvalue weighted by molar-refractivity contribution is 5.31. The van der Waals surface area contributed by atoms with Crippen LogP contribution in [0.2, 0.25) is 0 Å². The third kappa shape index (κ3) is 2.35. The van der Waals surface area contributed by atoms with Crippen molar-refractivity contribution in [3.05, 3.63) is 47.0 Å². The van der Waals surface area contributed by atoms with Gasteiger partial charge in [-0.1, -0.05) is 35.9 Å². The molecule has 0 aliphatic heterocycles. The Labute approximate surface area is 97.8 Å². The highest BCUT2D eigenvalue weighted by Gasteiger charge is 2.26. The van der Waals surface area contributed by atoms with Crippen LogP contribution >= 0.6 is 0 Å². The van der Waals surface area contributed by atoms with Crippen molar-refractivity contribution in [3.63, 3.8) is 0 Å². The second kappa shape index (κ2) is 4.84. The maximum Gasteiger partial charge on any atom is 0.0823 e. The summed E-state index contributed by atoms with van der Waals surface area (Å²) in [6.45, 7) is 4.23. The van der Waals surface area contributed by atoms with Crippen LogP contribution in [0.3, 0.4) is 0 Å². The van der Waals surface area contributed by atoms with Crippen molar-refractivity contribution in [2.75, 3.05) is 0 Å². The molecule has 0 saturated carbocycles. The van der Waals surface area contributed by atoms with Gasteiger partial charge in [-0.2, -0.15) is 0 Å². The largest absolute Gasteiger partial charge is 0.388 e. The highest BCUT2D eigenvalue weighted by atomic mass is 16.3. The fourth-order valence-electron chi connectivity index (χ4n) is 2.44. The van der Waals surface area contributed by atoms with E-state index >= 15 is 0 Å². The molecule has 0 unspecified atom stereocenters. The van der Waals surface area contributed by atoms with E-state index in [0.717, 1.165) is 24.8 Å². The van der Waals surface area contributed by atoms with E-state index in [9.17, 15) is 5.11 Å². The molecule has 1 aromatic rings. The number of aliphatic hydroxyl groups is 1. The monoisotopic (exact) mass is 216 g/mol. The minimum atomic E-state index is -0.277. The molecule has 2 rings (SSSR count). The zero-order chi connectivity index (χ0) is 11.5. The van der Waals surface area contributed by atoms with Gasteiger partial charge in [-0.25, -0.2) is 0 Å². The van der Waals surface area contributed by atoms with E-state index in [2.05, 4.69) is 38.1 Å². The fraction of sp³-hybridized carbons (Fsp3) is 0.467. The van der Waals surface area contributed by atoms with Gasteiger partial charge in [0.2, 0.25) is 0 Å². The molecule has 0 heterocycles. The molecule has 0 amide bonds. The Hall–Kier alpha value is -1.08. The van der Waals surface area contributed by atoms with E-state index in [0.29, 0.717) is 5.92 Å². The Kier molecular flexibility index (Phi) is 3.45. The van der Waals surface area contributed by atoms with Gasteiger partial charge < -0.3 is 5.11 Å². The van der Waals surface area contributed by atoms with E-state index in [4.69, 9.17) is 0 Å². The molecule has 0 bridgehead atoms. The lowest BCUT2D eigenvalue weighted by Gasteiger charge is -2.29. The zero-order valence-electron chi connectivity index (χ0n) is 10.1. The van der Waals surface area contributed by atoms with Crippen LogP contribution in [-0.2, 0) is 6.42 Å². The smallest absolute Gasteiger partial charge is 0.0823 e. The molecule has 2 atom stereocenters. The average molecular weight is 216 g/mol. The Morgan fingerprint density at radius 2 is 2.12 bits per heavy atom. The van der Waals surface area contributed by atoms with Gasteiger partial charge in [-0.05, 0) is 50.2 Å². The van der Waals surface area contributed by atoms with E-state index in [-0.39, 0.29) is 6.10 Å². The number of allylic oxidation sites excluding steroid dienone is 2. The maximum atomic E-state index is 10.3. The number of benzene rings is 1. The molecule has 1 aromatic carbocycles.